The second kappa shape index (κ2) is 13.1. The fraction of sp³-hybridized carbons (Fsp3) is 0.379. The summed E-state index contributed by atoms with van der Waals surface area (Å²) in [7, 11) is -2.52. The first kappa shape index (κ1) is 30.5. The number of halogens is 1. The molecule has 1 amide bonds. The van der Waals surface area contributed by atoms with Crippen molar-refractivity contribution in [1.82, 2.24) is 15.3 Å². The van der Waals surface area contributed by atoms with E-state index in [0.29, 0.717) is 29.2 Å². The number of ether oxygens (including phenoxy) is 3. The zero-order valence-corrected chi connectivity index (χ0v) is 24.6. The van der Waals surface area contributed by atoms with E-state index >= 15 is 0 Å². The zero-order chi connectivity index (χ0) is 30.6. The third-order valence-electron chi connectivity index (χ3n) is 6.79. The molecule has 14 heteroatoms. The highest BCUT2D eigenvalue weighted by molar-refractivity contribution is 7.86. The van der Waals surface area contributed by atoms with Gasteiger partial charge in [0, 0.05) is 18.9 Å². The summed E-state index contributed by atoms with van der Waals surface area (Å²) in [5.41, 5.74) is 2.66. The number of carbonyl (C=O) groups excluding carboxylic acids is 1. The average Bonchev–Trinajstić information content (AvgIpc) is 3.50. The van der Waals surface area contributed by atoms with Crippen LogP contribution in [0.2, 0.25) is 0 Å². The van der Waals surface area contributed by atoms with Crippen LogP contribution >= 0.6 is 0 Å². The molecule has 0 aliphatic carbocycles. The van der Waals surface area contributed by atoms with Crippen LogP contribution in [0.15, 0.2) is 58.6 Å². The van der Waals surface area contributed by atoms with Gasteiger partial charge in [-0.1, -0.05) is 28.9 Å². The van der Waals surface area contributed by atoms with Crippen molar-refractivity contribution < 1.29 is 40.8 Å². The topological polar surface area (TPSA) is 148 Å². The Morgan fingerprint density at radius 3 is 2.53 bits per heavy atom. The maximum absolute atomic E-state index is 13.7. The van der Waals surface area contributed by atoms with E-state index in [0.717, 1.165) is 5.56 Å². The van der Waals surface area contributed by atoms with E-state index < -0.39 is 34.2 Å². The molecule has 0 bridgehead atoms. The maximum atomic E-state index is 13.7. The van der Waals surface area contributed by atoms with Crippen LogP contribution in [0.3, 0.4) is 0 Å². The Bertz CT molecular complexity index is 1610. The standard InChI is InChI=1S/C29H31FN4O8S/c1-17-4-7-21(8-5-17)43(36,37)41-16-20-14-39-29(40-15-20)27-12-24(34-42-27)23-11-25(33-18(2)32-23)28(35)31-13-19-6-9-22(30)26(10-19)38-3/h4-11,20,27,29H,12-16H2,1-3H3,(H,31,35)/t20-,27-,29-/m0/s1. The third kappa shape index (κ3) is 7.51. The van der Waals surface area contributed by atoms with Crippen molar-refractivity contribution in [2.75, 3.05) is 26.9 Å². The Balaban J connectivity index is 1.12. The first-order valence-electron chi connectivity index (χ1n) is 13.5. The minimum Gasteiger partial charge on any atom is -0.494 e. The first-order chi connectivity index (χ1) is 20.6. The molecule has 43 heavy (non-hydrogen) atoms. The van der Waals surface area contributed by atoms with Crippen LogP contribution in [-0.2, 0) is 35.2 Å². The highest BCUT2D eigenvalue weighted by atomic mass is 32.2. The summed E-state index contributed by atoms with van der Waals surface area (Å²) in [5.74, 6) is -0.774. The van der Waals surface area contributed by atoms with E-state index in [1.54, 1.807) is 25.1 Å². The minimum atomic E-state index is -3.89. The van der Waals surface area contributed by atoms with Crippen molar-refractivity contribution in [3.63, 3.8) is 0 Å². The van der Waals surface area contributed by atoms with Gasteiger partial charge in [0.2, 0.25) is 0 Å². The number of hydrogen-bond acceptors (Lipinski definition) is 11. The highest BCUT2D eigenvalue weighted by Gasteiger charge is 2.36. The van der Waals surface area contributed by atoms with Crippen LogP contribution in [0.1, 0.15) is 39.6 Å². The molecule has 1 atom stereocenters. The number of oxime groups is 1. The van der Waals surface area contributed by atoms with Gasteiger partial charge < -0.3 is 24.4 Å². The van der Waals surface area contributed by atoms with Crippen molar-refractivity contribution in [2.24, 2.45) is 11.1 Å². The third-order valence-corrected chi connectivity index (χ3v) is 8.09. The molecule has 3 aromatic rings. The molecule has 1 fully saturated rings. The Kier molecular flexibility index (Phi) is 9.30. The summed E-state index contributed by atoms with van der Waals surface area (Å²) in [6.07, 6.45) is -0.987. The second-order valence-electron chi connectivity index (χ2n) is 10.2. The molecule has 0 radical (unpaired) electrons. The van der Waals surface area contributed by atoms with Gasteiger partial charge in [0.05, 0.1) is 37.5 Å². The van der Waals surface area contributed by atoms with E-state index in [-0.39, 0.29) is 48.6 Å². The van der Waals surface area contributed by atoms with E-state index in [1.807, 2.05) is 6.92 Å². The van der Waals surface area contributed by atoms with E-state index in [4.69, 9.17) is 23.2 Å². The van der Waals surface area contributed by atoms with Gasteiger partial charge in [-0.15, -0.1) is 0 Å². The van der Waals surface area contributed by atoms with Crippen LogP contribution in [0, 0.1) is 25.6 Å². The first-order valence-corrected chi connectivity index (χ1v) is 14.9. The van der Waals surface area contributed by atoms with E-state index in [1.165, 1.54) is 37.4 Å². The molecule has 1 aromatic heterocycles. The van der Waals surface area contributed by atoms with Crippen LogP contribution in [0.4, 0.5) is 4.39 Å². The average molecular weight is 615 g/mol. The quantitative estimate of drug-likeness (QED) is 0.338. The number of methoxy groups -OCH3 is 1. The number of carbonyl (C=O) groups is 1. The zero-order valence-electron chi connectivity index (χ0n) is 23.8. The largest absolute Gasteiger partial charge is 0.494 e. The smallest absolute Gasteiger partial charge is 0.296 e. The Morgan fingerprint density at radius 2 is 1.81 bits per heavy atom. The molecular formula is C29H31FN4O8S. The molecule has 0 unspecified atom stereocenters. The molecule has 0 spiro atoms. The number of aryl methyl sites for hydroxylation is 2. The van der Waals surface area contributed by atoms with Gasteiger partial charge in [-0.3, -0.25) is 8.98 Å². The molecule has 1 N–H and O–H groups in total. The number of hydrogen-bond donors (Lipinski definition) is 1. The van der Waals surface area contributed by atoms with Gasteiger partial charge in [-0.25, -0.2) is 14.4 Å². The fourth-order valence-electron chi connectivity index (χ4n) is 4.44. The molecule has 0 saturated carbocycles. The van der Waals surface area contributed by atoms with E-state index in [2.05, 4.69) is 20.4 Å². The van der Waals surface area contributed by atoms with Crippen molar-refractivity contribution in [3.8, 4) is 5.75 Å². The summed E-state index contributed by atoms with van der Waals surface area (Å²) < 4.78 is 60.4. The van der Waals surface area contributed by atoms with Crippen molar-refractivity contribution in [3.05, 3.63) is 82.7 Å². The lowest BCUT2D eigenvalue weighted by Gasteiger charge is -2.31. The Morgan fingerprint density at radius 1 is 1.07 bits per heavy atom. The summed E-state index contributed by atoms with van der Waals surface area (Å²) in [4.78, 5) is 27.1. The number of rotatable bonds is 10. The SMILES string of the molecule is COc1cc(CNC(=O)c2cc(C3=NO[C@H]([C@H]4OC[C@H](COS(=O)(=O)c5ccc(C)cc5)CO4)C3)nc(C)n2)ccc1F. The molecule has 2 aromatic carbocycles. The summed E-state index contributed by atoms with van der Waals surface area (Å²) in [6, 6.07) is 12.3. The van der Waals surface area contributed by atoms with Crippen molar-refractivity contribution in [2.45, 2.75) is 44.1 Å². The Hall–Kier alpha value is -3.98. The normalized spacial score (nSPS) is 20.3. The second-order valence-corrected chi connectivity index (χ2v) is 11.8. The summed E-state index contributed by atoms with van der Waals surface area (Å²) >= 11 is 0. The van der Waals surface area contributed by atoms with Crippen molar-refractivity contribution >= 4 is 21.7 Å². The monoisotopic (exact) mass is 614 g/mol. The molecule has 3 heterocycles. The lowest BCUT2D eigenvalue weighted by atomic mass is 10.1. The minimum absolute atomic E-state index is 0.0848. The summed E-state index contributed by atoms with van der Waals surface area (Å²) in [6.45, 7) is 4.00. The van der Waals surface area contributed by atoms with E-state index in [9.17, 15) is 17.6 Å². The van der Waals surface area contributed by atoms with Gasteiger partial charge in [-0.05, 0) is 49.7 Å². The van der Waals surface area contributed by atoms with Gasteiger partial charge in [0.1, 0.15) is 17.2 Å². The van der Waals surface area contributed by atoms with Gasteiger partial charge >= 0.3 is 0 Å². The van der Waals surface area contributed by atoms with Gasteiger partial charge in [-0.2, -0.15) is 8.42 Å². The number of nitrogens with zero attached hydrogens (tertiary/aromatic N) is 3. The molecule has 1 saturated heterocycles. The van der Waals surface area contributed by atoms with Crippen LogP contribution in [0.25, 0.3) is 0 Å². The highest BCUT2D eigenvalue weighted by Crippen LogP contribution is 2.25. The summed E-state index contributed by atoms with van der Waals surface area (Å²) in [5, 5.41) is 6.89. The van der Waals surface area contributed by atoms with Gasteiger partial charge in [0.15, 0.2) is 24.0 Å². The molecular weight excluding hydrogens is 583 g/mol. The number of nitrogens with one attached hydrogen (secondary N) is 1. The lowest BCUT2D eigenvalue weighted by molar-refractivity contribution is -0.246. The van der Waals surface area contributed by atoms with Crippen LogP contribution in [0.5, 0.6) is 5.75 Å². The molecule has 2 aliphatic rings. The van der Waals surface area contributed by atoms with Crippen molar-refractivity contribution in [1.29, 1.82) is 0 Å². The van der Waals surface area contributed by atoms with Crippen LogP contribution in [-0.4, -0.2) is 69.3 Å². The maximum Gasteiger partial charge on any atom is 0.296 e. The predicted molar refractivity (Wildman–Crippen MR) is 150 cm³/mol. The molecule has 2 aliphatic heterocycles. The predicted octanol–water partition coefficient (Wildman–Crippen LogP) is 3.06. The van der Waals surface area contributed by atoms with Crippen LogP contribution < -0.4 is 10.1 Å². The van der Waals surface area contributed by atoms with Gasteiger partial charge in [0.25, 0.3) is 16.0 Å². The molecule has 5 rings (SSSR count). The molecule has 228 valence electrons. The number of benzene rings is 2. The number of aromatic nitrogens is 2. The number of amides is 1. The Labute approximate surface area is 248 Å². The molecule has 12 nitrogen and oxygen atoms in total. The fourth-order valence-corrected chi connectivity index (χ4v) is 5.42. The lowest BCUT2D eigenvalue weighted by Crippen LogP contribution is -2.41.